The molecule has 0 aliphatic carbocycles. The molecular formula is C50H74N6. The predicted molar refractivity (Wildman–Crippen MR) is 246 cm³/mol. The summed E-state index contributed by atoms with van der Waals surface area (Å²) >= 11 is 0. The number of nitrogens with zero attached hydrogens (tertiary/aromatic N) is 3. The third-order valence-electron chi connectivity index (χ3n) is 10.4. The molecule has 0 radical (unpaired) electrons. The zero-order valence-electron chi connectivity index (χ0n) is 37.0. The highest BCUT2D eigenvalue weighted by molar-refractivity contribution is 5.96. The summed E-state index contributed by atoms with van der Waals surface area (Å²) in [6.45, 7) is 42.4. The van der Waals surface area contributed by atoms with Gasteiger partial charge in [0.1, 0.15) is 5.82 Å². The summed E-state index contributed by atoms with van der Waals surface area (Å²) in [6, 6.07) is 17.9. The van der Waals surface area contributed by atoms with Crippen LogP contribution >= 0.6 is 0 Å². The number of hydrogen-bond donors (Lipinski definition) is 3. The van der Waals surface area contributed by atoms with Gasteiger partial charge in [-0.3, -0.25) is 9.88 Å². The van der Waals surface area contributed by atoms with Gasteiger partial charge in [-0.25, -0.2) is 0 Å². The maximum atomic E-state index is 4.73. The molecule has 6 nitrogen and oxygen atoms in total. The van der Waals surface area contributed by atoms with Crippen molar-refractivity contribution in [2.75, 3.05) is 38.5 Å². The molecule has 0 spiro atoms. The number of allylic oxidation sites excluding steroid dienone is 4. The van der Waals surface area contributed by atoms with Gasteiger partial charge in [-0.05, 0) is 104 Å². The SMILES string of the molecule is C=C(C)NC/C(C)=C(\C=C(/CCC)C(C)(C)C)NC(=C)Nc1ccc(Cc2ccnc(C(=C)N3CCN(C)C(CC)C3)c2)c2ccccc12.C=CCC(C)(C)C. The molecule has 1 aromatic heterocycles. The minimum atomic E-state index is 0.0668. The van der Waals surface area contributed by atoms with Gasteiger partial charge in [-0.1, -0.05) is 124 Å². The molecule has 304 valence electrons. The van der Waals surface area contributed by atoms with Crippen LogP contribution in [0.15, 0.2) is 122 Å². The fraction of sp³-hybridized carbons (Fsp3) is 0.460. The van der Waals surface area contributed by atoms with Gasteiger partial charge in [0, 0.05) is 60.9 Å². The molecule has 3 aromatic rings. The Hall–Kier alpha value is -4.55. The minimum absolute atomic E-state index is 0.0668. The molecule has 1 aliphatic heterocycles. The Morgan fingerprint density at radius 3 is 2.23 bits per heavy atom. The number of rotatable bonds is 16. The van der Waals surface area contributed by atoms with E-state index in [4.69, 9.17) is 4.98 Å². The molecule has 6 heteroatoms. The summed E-state index contributed by atoms with van der Waals surface area (Å²) < 4.78 is 0. The lowest BCUT2D eigenvalue weighted by Gasteiger charge is -2.41. The smallest absolute Gasteiger partial charge is 0.100 e. The van der Waals surface area contributed by atoms with Crippen LogP contribution in [0.2, 0.25) is 0 Å². The zero-order chi connectivity index (χ0) is 41.6. The van der Waals surface area contributed by atoms with Crippen LogP contribution in [0.4, 0.5) is 5.69 Å². The summed E-state index contributed by atoms with van der Waals surface area (Å²) in [5.41, 5.74) is 10.6. The van der Waals surface area contributed by atoms with E-state index >= 15 is 0 Å². The summed E-state index contributed by atoms with van der Waals surface area (Å²) in [4.78, 5) is 9.59. The first-order valence-electron chi connectivity index (χ1n) is 20.6. The topological polar surface area (TPSA) is 55.5 Å². The van der Waals surface area contributed by atoms with E-state index in [1.807, 2.05) is 19.2 Å². The fourth-order valence-corrected chi connectivity index (χ4v) is 6.92. The van der Waals surface area contributed by atoms with Gasteiger partial charge in [0.25, 0.3) is 0 Å². The van der Waals surface area contributed by atoms with E-state index in [2.05, 4.69) is 176 Å². The van der Waals surface area contributed by atoms with Crippen LogP contribution in [0.3, 0.4) is 0 Å². The maximum absolute atomic E-state index is 4.73. The Labute approximate surface area is 341 Å². The minimum Gasteiger partial charge on any atom is -0.385 e. The highest BCUT2D eigenvalue weighted by Crippen LogP contribution is 2.32. The van der Waals surface area contributed by atoms with E-state index in [0.717, 1.165) is 91.4 Å². The number of hydrogen-bond acceptors (Lipinski definition) is 6. The van der Waals surface area contributed by atoms with Gasteiger partial charge in [0.2, 0.25) is 0 Å². The average Bonchev–Trinajstić information content (AvgIpc) is 3.13. The standard InChI is InChI=1S/C43H60N6.C7H14/c1-12-16-36(43(8,9)10)27-41(31(5)28-45-30(3)4)47-33(7)46-40-20-19-35(38-17-14-15-18-39(38)40)25-34-21-22-44-42(26-34)32(6)49-24-23-48(11)37(13-2)29-49;1-5-6-7(2,3)4/h14-15,17-22,26-27,37,45-47H,3,6-7,12-13,16,23-25,28-29H2,1-2,4-5,8-11H3;5H,1,6H2,2-4H3/b36-27+,41-31+;. The largest absolute Gasteiger partial charge is 0.385 e. The number of likely N-dealkylation sites (N-methyl/N-ethyl adjacent to an activating group) is 1. The number of fused-ring (bicyclic) bond motifs is 1. The molecule has 0 saturated carbocycles. The van der Waals surface area contributed by atoms with Gasteiger partial charge >= 0.3 is 0 Å². The monoisotopic (exact) mass is 759 g/mol. The number of anilines is 1. The van der Waals surface area contributed by atoms with Crippen LogP contribution in [0.25, 0.3) is 16.5 Å². The van der Waals surface area contributed by atoms with E-state index in [0.29, 0.717) is 18.0 Å². The lowest BCUT2D eigenvalue weighted by molar-refractivity contribution is 0.131. The first kappa shape index (κ1) is 45.8. The molecule has 1 saturated heterocycles. The lowest BCUT2D eigenvalue weighted by Crippen LogP contribution is -2.50. The van der Waals surface area contributed by atoms with Crippen molar-refractivity contribution in [2.24, 2.45) is 10.8 Å². The van der Waals surface area contributed by atoms with Crippen LogP contribution in [0, 0.1) is 10.8 Å². The first-order chi connectivity index (χ1) is 26.4. The van der Waals surface area contributed by atoms with Crippen molar-refractivity contribution in [3.63, 3.8) is 0 Å². The first-order valence-corrected chi connectivity index (χ1v) is 20.6. The molecule has 1 aliphatic rings. The summed E-state index contributed by atoms with van der Waals surface area (Å²) in [5.74, 6) is 0.732. The van der Waals surface area contributed by atoms with Crippen molar-refractivity contribution in [1.82, 2.24) is 25.4 Å². The molecular weight excluding hydrogens is 685 g/mol. The van der Waals surface area contributed by atoms with Crippen LogP contribution in [0.1, 0.15) is 112 Å². The number of pyridine rings is 1. The zero-order valence-corrected chi connectivity index (χ0v) is 37.0. The van der Waals surface area contributed by atoms with E-state index < -0.39 is 0 Å². The van der Waals surface area contributed by atoms with Gasteiger partial charge < -0.3 is 20.9 Å². The Bertz CT molecular complexity index is 1860. The summed E-state index contributed by atoms with van der Waals surface area (Å²) in [5, 5.41) is 13.0. The summed E-state index contributed by atoms with van der Waals surface area (Å²) in [6.07, 6.45) is 11.4. The highest BCUT2D eigenvalue weighted by atomic mass is 15.3. The van der Waals surface area contributed by atoms with Crippen molar-refractivity contribution >= 4 is 22.2 Å². The quantitative estimate of drug-likeness (QED) is 0.0999. The number of benzene rings is 2. The molecule has 1 fully saturated rings. The Morgan fingerprint density at radius 1 is 0.946 bits per heavy atom. The van der Waals surface area contributed by atoms with E-state index in [1.165, 1.54) is 27.7 Å². The van der Waals surface area contributed by atoms with E-state index in [1.54, 1.807) is 0 Å². The van der Waals surface area contributed by atoms with Gasteiger partial charge in [-0.2, -0.15) is 0 Å². The molecule has 2 heterocycles. The number of aromatic nitrogens is 1. The van der Waals surface area contributed by atoms with Crippen molar-refractivity contribution in [3.8, 4) is 0 Å². The van der Waals surface area contributed by atoms with Crippen molar-refractivity contribution in [3.05, 3.63) is 138 Å². The Kier molecular flexibility index (Phi) is 17.3. The molecule has 56 heavy (non-hydrogen) atoms. The Balaban J connectivity index is 0.00000109. The molecule has 2 aromatic carbocycles. The van der Waals surface area contributed by atoms with Gasteiger partial charge in [0.05, 0.1) is 11.4 Å². The normalized spacial score (nSPS) is 15.7. The number of piperazine rings is 1. The second-order valence-electron chi connectivity index (χ2n) is 17.8. The summed E-state index contributed by atoms with van der Waals surface area (Å²) in [7, 11) is 2.22. The van der Waals surface area contributed by atoms with E-state index in [9.17, 15) is 0 Å². The second-order valence-corrected chi connectivity index (χ2v) is 17.8. The van der Waals surface area contributed by atoms with Gasteiger partial charge in [0.15, 0.2) is 0 Å². The van der Waals surface area contributed by atoms with Crippen LogP contribution in [-0.4, -0.2) is 54.1 Å². The molecule has 4 rings (SSSR count). The number of nitrogens with one attached hydrogen (secondary N) is 3. The second kappa shape index (κ2) is 21.1. The third kappa shape index (κ3) is 14.2. The van der Waals surface area contributed by atoms with Crippen molar-refractivity contribution < 1.29 is 0 Å². The highest BCUT2D eigenvalue weighted by Gasteiger charge is 2.25. The van der Waals surface area contributed by atoms with Gasteiger partial charge in [-0.15, -0.1) is 6.58 Å². The van der Waals surface area contributed by atoms with Crippen LogP contribution < -0.4 is 16.0 Å². The molecule has 1 atom stereocenters. The lowest BCUT2D eigenvalue weighted by atomic mass is 9.83. The van der Waals surface area contributed by atoms with E-state index in [-0.39, 0.29) is 5.41 Å². The molecule has 3 N–H and O–H groups in total. The van der Waals surface area contributed by atoms with Crippen LogP contribution in [-0.2, 0) is 6.42 Å². The maximum Gasteiger partial charge on any atom is 0.100 e. The molecule has 1 unspecified atom stereocenters. The average molecular weight is 759 g/mol. The Morgan fingerprint density at radius 2 is 1.64 bits per heavy atom. The van der Waals surface area contributed by atoms with Crippen molar-refractivity contribution in [1.29, 1.82) is 0 Å². The predicted octanol–water partition coefficient (Wildman–Crippen LogP) is 12.1. The third-order valence-corrected chi connectivity index (χ3v) is 10.4. The fourth-order valence-electron chi connectivity index (χ4n) is 6.92. The van der Waals surface area contributed by atoms with Crippen molar-refractivity contribution in [2.45, 2.75) is 107 Å². The molecule has 0 bridgehead atoms. The van der Waals surface area contributed by atoms with Crippen LogP contribution in [0.5, 0.6) is 0 Å². The molecule has 0 amide bonds.